The molecule has 0 saturated heterocycles. The fourth-order valence-corrected chi connectivity index (χ4v) is 4.69. The quantitative estimate of drug-likeness (QED) is 0.535. The molecule has 1 N–H and O–H groups in total. The Labute approximate surface area is 189 Å². The molecule has 2 heterocycles. The van der Waals surface area contributed by atoms with E-state index in [9.17, 15) is 5.26 Å². The van der Waals surface area contributed by atoms with Crippen LogP contribution in [0.5, 0.6) is 5.75 Å². The van der Waals surface area contributed by atoms with Gasteiger partial charge in [0.1, 0.15) is 6.07 Å². The van der Waals surface area contributed by atoms with Crippen LogP contribution in [0.4, 0.5) is 5.69 Å². The SMILES string of the molecule is COc1ccc(C2CCC(CNc3cccc(-c4cnn(C5CC5)c4)c3)CC2)nc1C#N. The molecule has 5 rings (SSSR count). The standard InChI is InChI=1S/C26H29N5O/c1-32-26-12-11-24(30-25(26)14-27)19-7-5-18(6-8-19)15-28-22-4-2-3-20(13-22)21-16-29-31(17-21)23-9-10-23/h2-4,11-13,16-19,23,28H,5-10,15H2,1H3. The van der Waals surface area contributed by atoms with E-state index in [1.165, 1.54) is 42.5 Å². The predicted octanol–water partition coefficient (Wildman–Crippen LogP) is 5.55. The normalized spacial score (nSPS) is 20.5. The molecule has 0 spiro atoms. The first kappa shape index (κ1) is 20.6. The molecule has 0 bridgehead atoms. The minimum Gasteiger partial charge on any atom is -0.494 e. The predicted molar refractivity (Wildman–Crippen MR) is 125 cm³/mol. The molecule has 164 valence electrons. The number of nitriles is 1. The zero-order chi connectivity index (χ0) is 21.9. The molecule has 0 atom stereocenters. The summed E-state index contributed by atoms with van der Waals surface area (Å²) in [7, 11) is 1.58. The summed E-state index contributed by atoms with van der Waals surface area (Å²) in [6, 6.07) is 15.3. The summed E-state index contributed by atoms with van der Waals surface area (Å²) in [6.45, 7) is 0.983. The minimum absolute atomic E-state index is 0.386. The van der Waals surface area contributed by atoms with Gasteiger partial charge in [-0.3, -0.25) is 4.68 Å². The van der Waals surface area contributed by atoms with E-state index < -0.39 is 0 Å². The van der Waals surface area contributed by atoms with Gasteiger partial charge in [0.15, 0.2) is 11.4 Å². The van der Waals surface area contributed by atoms with Gasteiger partial charge in [-0.15, -0.1) is 0 Å². The van der Waals surface area contributed by atoms with E-state index in [1.54, 1.807) is 7.11 Å². The van der Waals surface area contributed by atoms with Crippen molar-refractivity contribution >= 4 is 5.69 Å². The molecule has 3 aromatic rings. The number of hydrogen-bond acceptors (Lipinski definition) is 5. The molecular weight excluding hydrogens is 398 g/mol. The summed E-state index contributed by atoms with van der Waals surface area (Å²) in [5, 5.41) is 17.5. The third-order valence-electron chi connectivity index (χ3n) is 6.78. The monoisotopic (exact) mass is 427 g/mol. The Morgan fingerprint density at radius 2 is 1.94 bits per heavy atom. The van der Waals surface area contributed by atoms with E-state index in [2.05, 4.69) is 56.6 Å². The van der Waals surface area contributed by atoms with E-state index >= 15 is 0 Å². The molecule has 6 heteroatoms. The molecule has 2 aromatic heterocycles. The third kappa shape index (κ3) is 4.47. The summed E-state index contributed by atoms with van der Waals surface area (Å²) >= 11 is 0. The second-order valence-electron chi connectivity index (χ2n) is 9.02. The van der Waals surface area contributed by atoms with Crippen LogP contribution in [0.1, 0.15) is 61.9 Å². The van der Waals surface area contributed by atoms with Gasteiger partial charge in [-0.05, 0) is 74.3 Å². The number of anilines is 1. The number of rotatable bonds is 7. The maximum absolute atomic E-state index is 9.31. The van der Waals surface area contributed by atoms with Crippen molar-refractivity contribution in [3.63, 3.8) is 0 Å². The molecule has 0 radical (unpaired) electrons. The molecule has 6 nitrogen and oxygen atoms in total. The Morgan fingerprint density at radius 1 is 1.09 bits per heavy atom. The first-order valence-corrected chi connectivity index (χ1v) is 11.6. The lowest BCUT2D eigenvalue weighted by Crippen LogP contribution is -2.21. The zero-order valence-electron chi connectivity index (χ0n) is 18.5. The van der Waals surface area contributed by atoms with Crippen molar-refractivity contribution in [2.75, 3.05) is 19.0 Å². The first-order chi connectivity index (χ1) is 15.7. The van der Waals surface area contributed by atoms with Gasteiger partial charge in [-0.1, -0.05) is 12.1 Å². The summed E-state index contributed by atoms with van der Waals surface area (Å²) < 4.78 is 7.32. The molecule has 0 aliphatic heterocycles. The van der Waals surface area contributed by atoms with Gasteiger partial charge in [-0.25, -0.2) is 4.98 Å². The highest BCUT2D eigenvalue weighted by Gasteiger charge is 2.25. The molecule has 2 fully saturated rings. The van der Waals surface area contributed by atoms with Crippen molar-refractivity contribution in [2.45, 2.75) is 50.5 Å². The number of aromatic nitrogens is 3. The highest BCUT2D eigenvalue weighted by Crippen LogP contribution is 2.37. The smallest absolute Gasteiger partial charge is 0.182 e. The first-order valence-electron chi connectivity index (χ1n) is 11.6. The van der Waals surface area contributed by atoms with Crippen LogP contribution in [0.25, 0.3) is 11.1 Å². The average Bonchev–Trinajstić information content (AvgIpc) is 3.59. The fraction of sp³-hybridized carbons (Fsp3) is 0.423. The number of nitrogens with one attached hydrogen (secondary N) is 1. The summed E-state index contributed by atoms with van der Waals surface area (Å²) in [5.74, 6) is 1.63. The van der Waals surface area contributed by atoms with Crippen LogP contribution in [0, 0.1) is 17.2 Å². The van der Waals surface area contributed by atoms with Gasteiger partial charge < -0.3 is 10.1 Å². The third-order valence-corrected chi connectivity index (χ3v) is 6.78. The van der Waals surface area contributed by atoms with Gasteiger partial charge in [0, 0.05) is 35.6 Å². The lowest BCUT2D eigenvalue weighted by molar-refractivity contribution is 0.334. The van der Waals surface area contributed by atoms with E-state index in [4.69, 9.17) is 4.74 Å². The lowest BCUT2D eigenvalue weighted by atomic mass is 9.80. The van der Waals surface area contributed by atoms with E-state index in [-0.39, 0.29) is 0 Å². The van der Waals surface area contributed by atoms with E-state index in [1.807, 2.05) is 18.3 Å². The van der Waals surface area contributed by atoms with Gasteiger partial charge in [0.05, 0.1) is 19.3 Å². The van der Waals surface area contributed by atoms with Crippen molar-refractivity contribution < 1.29 is 4.74 Å². The number of benzene rings is 1. The number of nitrogens with zero attached hydrogens (tertiary/aromatic N) is 4. The van der Waals surface area contributed by atoms with Crippen molar-refractivity contribution in [1.29, 1.82) is 5.26 Å². The van der Waals surface area contributed by atoms with Crippen LogP contribution in [0.2, 0.25) is 0 Å². The van der Waals surface area contributed by atoms with Crippen molar-refractivity contribution in [1.82, 2.24) is 14.8 Å². The molecule has 2 saturated carbocycles. The summed E-state index contributed by atoms with van der Waals surface area (Å²) in [6.07, 6.45) is 11.2. The molecule has 32 heavy (non-hydrogen) atoms. The Bertz CT molecular complexity index is 1120. The van der Waals surface area contributed by atoms with Gasteiger partial charge in [0.2, 0.25) is 0 Å². The molecule has 1 aromatic carbocycles. The second-order valence-corrected chi connectivity index (χ2v) is 9.02. The molecular formula is C26H29N5O. The van der Waals surface area contributed by atoms with E-state index in [0.717, 1.165) is 25.1 Å². The van der Waals surface area contributed by atoms with Crippen molar-refractivity contribution in [3.05, 3.63) is 60.2 Å². The van der Waals surface area contributed by atoms with Gasteiger partial charge in [0.25, 0.3) is 0 Å². The highest BCUT2D eigenvalue weighted by molar-refractivity contribution is 5.67. The maximum atomic E-state index is 9.31. The Balaban J connectivity index is 1.15. The van der Waals surface area contributed by atoms with Crippen LogP contribution in [-0.4, -0.2) is 28.4 Å². The fourth-order valence-electron chi connectivity index (χ4n) is 4.69. The topological polar surface area (TPSA) is 75.8 Å². The van der Waals surface area contributed by atoms with Crippen LogP contribution >= 0.6 is 0 Å². The number of pyridine rings is 1. The second kappa shape index (κ2) is 9.04. The highest BCUT2D eigenvalue weighted by atomic mass is 16.5. The Kier molecular flexibility index (Phi) is 5.81. The summed E-state index contributed by atoms with van der Waals surface area (Å²) in [5.41, 5.74) is 4.97. The maximum Gasteiger partial charge on any atom is 0.182 e. The van der Waals surface area contributed by atoms with Crippen LogP contribution < -0.4 is 10.1 Å². The Hall–Kier alpha value is -3.33. The number of hydrogen-bond donors (Lipinski definition) is 1. The van der Waals surface area contributed by atoms with E-state index in [0.29, 0.717) is 29.3 Å². The Morgan fingerprint density at radius 3 is 2.69 bits per heavy atom. The van der Waals surface area contributed by atoms with Crippen molar-refractivity contribution in [3.8, 4) is 22.9 Å². The molecule has 2 aliphatic carbocycles. The molecule has 0 unspecified atom stereocenters. The minimum atomic E-state index is 0.386. The lowest BCUT2D eigenvalue weighted by Gasteiger charge is -2.28. The largest absolute Gasteiger partial charge is 0.494 e. The van der Waals surface area contributed by atoms with Crippen LogP contribution in [-0.2, 0) is 0 Å². The molecule has 0 amide bonds. The van der Waals surface area contributed by atoms with Crippen LogP contribution in [0.15, 0.2) is 48.8 Å². The summed E-state index contributed by atoms with van der Waals surface area (Å²) in [4.78, 5) is 4.55. The average molecular weight is 428 g/mol. The number of ether oxygens (including phenoxy) is 1. The van der Waals surface area contributed by atoms with Gasteiger partial charge in [-0.2, -0.15) is 10.4 Å². The molecule has 2 aliphatic rings. The van der Waals surface area contributed by atoms with Gasteiger partial charge >= 0.3 is 0 Å². The van der Waals surface area contributed by atoms with Crippen molar-refractivity contribution in [2.24, 2.45) is 5.92 Å². The zero-order valence-corrected chi connectivity index (χ0v) is 18.5. The van der Waals surface area contributed by atoms with Crippen LogP contribution in [0.3, 0.4) is 0 Å². The number of methoxy groups -OCH3 is 1.